The number of nitrogens with two attached hydrogens (primary N) is 1. The van der Waals surface area contributed by atoms with E-state index in [0.717, 1.165) is 11.1 Å². The lowest BCUT2D eigenvalue weighted by atomic mass is 9.92. The Bertz CT molecular complexity index is 1720. The van der Waals surface area contributed by atoms with Gasteiger partial charge in [-0.3, -0.25) is 9.59 Å². The Morgan fingerprint density at radius 2 is 1.18 bits per heavy atom. The van der Waals surface area contributed by atoms with Crippen LogP contribution in [0, 0.1) is 0 Å². The number of carbonyl (C=O) groups is 3. The van der Waals surface area contributed by atoms with E-state index in [1.54, 1.807) is 30.3 Å². The zero-order valence-corrected chi connectivity index (χ0v) is 27.9. The Morgan fingerprint density at radius 1 is 0.750 bits per heavy atom. The number of amides is 2. The summed E-state index contributed by atoms with van der Waals surface area (Å²) in [5.41, 5.74) is 3.42. The lowest BCUT2D eigenvalue weighted by molar-refractivity contribution is -0.117. The molecule has 3 aromatic carbocycles. The second-order valence-corrected chi connectivity index (χ2v) is 14.6. The fourth-order valence-corrected chi connectivity index (χ4v) is 6.05. The zero-order valence-electron chi connectivity index (χ0n) is 25.5. The van der Waals surface area contributed by atoms with E-state index < -0.39 is 26.1 Å². The molecule has 0 aliphatic rings. The van der Waals surface area contributed by atoms with Gasteiger partial charge in [0, 0.05) is 23.6 Å². The van der Waals surface area contributed by atoms with E-state index in [-0.39, 0.29) is 46.0 Å². The van der Waals surface area contributed by atoms with Gasteiger partial charge in [-0.05, 0) is 84.3 Å². The second kappa shape index (κ2) is 15.4. The molecule has 0 saturated carbocycles. The van der Waals surface area contributed by atoms with E-state index in [2.05, 4.69) is 10.0 Å². The van der Waals surface area contributed by atoms with Crippen molar-refractivity contribution < 1.29 is 31.2 Å². The number of hydrogen-bond acceptors (Lipinski definition) is 7. The van der Waals surface area contributed by atoms with E-state index in [1.165, 1.54) is 44.2 Å². The van der Waals surface area contributed by atoms with Gasteiger partial charge in [0.15, 0.2) is 0 Å². The van der Waals surface area contributed by atoms with Crippen molar-refractivity contribution in [3.05, 3.63) is 87.9 Å². The lowest BCUT2D eigenvalue weighted by Crippen LogP contribution is -2.35. The molecule has 0 spiro atoms. The molecular weight excluding hydrogens is 626 g/mol. The minimum absolute atomic E-state index is 0.0171. The molecule has 0 atom stereocenters. The summed E-state index contributed by atoms with van der Waals surface area (Å²) in [7, 11) is -7.78. The van der Waals surface area contributed by atoms with Crippen LogP contribution in [0.1, 0.15) is 75.6 Å². The smallest absolute Gasteiger partial charge is 0.307 e. The van der Waals surface area contributed by atoms with Crippen LogP contribution in [0.4, 0.5) is 10.5 Å². The predicted molar refractivity (Wildman–Crippen MR) is 172 cm³/mol. The topological polar surface area (TPSA) is 170 Å². The third kappa shape index (κ3) is 11.2. The number of benzene rings is 3. The van der Waals surface area contributed by atoms with Crippen molar-refractivity contribution in [3.63, 3.8) is 0 Å². The first kappa shape index (κ1) is 36.6. The first-order valence-corrected chi connectivity index (χ1v) is 17.1. The first-order chi connectivity index (χ1) is 20.3. The van der Waals surface area contributed by atoms with Crippen LogP contribution in [0.15, 0.2) is 70.5 Å². The molecule has 10 nitrogen and oxygen atoms in total. The maximum atomic E-state index is 12.7. The van der Waals surface area contributed by atoms with Crippen LogP contribution in [0.5, 0.6) is 0 Å². The molecule has 238 valence electrons. The van der Waals surface area contributed by atoms with Gasteiger partial charge in [-0.2, -0.15) is 0 Å². The third-order valence-electron chi connectivity index (χ3n) is 6.22. The van der Waals surface area contributed by atoms with Crippen molar-refractivity contribution in [1.29, 1.82) is 0 Å². The minimum atomic E-state index is -4.11. The van der Waals surface area contributed by atoms with E-state index in [9.17, 15) is 31.2 Å². The summed E-state index contributed by atoms with van der Waals surface area (Å²) in [4.78, 5) is 34.7. The maximum Gasteiger partial charge on any atom is 0.333 e. The second-order valence-electron chi connectivity index (χ2n) is 10.9. The Morgan fingerprint density at radius 3 is 1.59 bits per heavy atom. The number of halogens is 1. The molecule has 0 aromatic heterocycles. The van der Waals surface area contributed by atoms with Crippen LogP contribution >= 0.6 is 11.6 Å². The van der Waals surface area contributed by atoms with Gasteiger partial charge in [-0.15, -0.1) is 0 Å². The molecule has 0 bridgehead atoms. The summed E-state index contributed by atoms with van der Waals surface area (Å²) in [6.45, 7) is 10.7. The average molecular weight is 664 g/mol. The van der Waals surface area contributed by atoms with Crippen LogP contribution in [-0.4, -0.2) is 34.4 Å². The minimum Gasteiger partial charge on any atom is -0.307 e. The summed E-state index contributed by atoms with van der Waals surface area (Å²) < 4.78 is 49.3. The molecule has 13 heteroatoms. The summed E-state index contributed by atoms with van der Waals surface area (Å²) in [6.07, 6.45) is 0.346. The molecule has 4 N–H and O–H groups in total. The number of primary sulfonamides is 1. The summed E-state index contributed by atoms with van der Waals surface area (Å²) in [5.74, 6) is 0.0322. The Hall–Kier alpha value is -3.58. The molecule has 0 fully saturated rings. The number of hydrogen-bond donors (Lipinski definition) is 3. The number of sulfonamides is 2. The van der Waals surface area contributed by atoms with Gasteiger partial charge in [0.2, 0.25) is 10.0 Å². The van der Waals surface area contributed by atoms with Crippen LogP contribution in [0.25, 0.3) is 0 Å². The highest BCUT2D eigenvalue weighted by atomic mass is 35.5. The molecule has 2 amide bonds. The van der Waals surface area contributed by atoms with Gasteiger partial charge in [-0.1, -0.05) is 63.6 Å². The SMILES string of the molecule is CC(=O)Cc1cccc(S(=O)(=O)NC(=O)Nc2c(C(C)C)cc(Cl)cc2C(C)C)c1.CC(=O)Cc1cccc(S(N)(=O)=O)c1. The monoisotopic (exact) mass is 663 g/mol. The van der Waals surface area contributed by atoms with Crippen LogP contribution < -0.4 is 15.2 Å². The molecule has 0 heterocycles. The zero-order chi connectivity index (χ0) is 33.4. The van der Waals surface area contributed by atoms with Gasteiger partial charge in [0.25, 0.3) is 10.0 Å². The number of rotatable bonds is 10. The Labute approximate surface area is 264 Å². The van der Waals surface area contributed by atoms with Gasteiger partial charge in [0.1, 0.15) is 11.6 Å². The van der Waals surface area contributed by atoms with Gasteiger partial charge < -0.3 is 5.32 Å². The molecule has 0 aliphatic carbocycles. The maximum absolute atomic E-state index is 12.7. The highest BCUT2D eigenvalue weighted by Gasteiger charge is 2.22. The number of ketones is 2. The highest BCUT2D eigenvalue weighted by molar-refractivity contribution is 7.90. The molecule has 0 radical (unpaired) electrons. The summed E-state index contributed by atoms with van der Waals surface area (Å²) in [6, 6.07) is 14.7. The largest absolute Gasteiger partial charge is 0.333 e. The quantitative estimate of drug-likeness (QED) is 0.250. The van der Waals surface area contributed by atoms with Crippen molar-refractivity contribution in [3.8, 4) is 0 Å². The van der Waals surface area contributed by atoms with Crippen molar-refractivity contribution in [2.24, 2.45) is 5.14 Å². The number of urea groups is 1. The van der Waals surface area contributed by atoms with Crippen molar-refractivity contribution in [2.45, 2.75) is 76.0 Å². The van der Waals surface area contributed by atoms with Crippen LogP contribution in [0.2, 0.25) is 5.02 Å². The summed E-state index contributed by atoms with van der Waals surface area (Å²) >= 11 is 6.24. The molecule has 0 unspecified atom stereocenters. The fraction of sp³-hybridized carbons (Fsp3) is 0.323. The molecular formula is C31H38ClN3O7S2. The Balaban J connectivity index is 0.000000402. The van der Waals surface area contributed by atoms with Gasteiger partial charge in [-0.25, -0.2) is 31.5 Å². The molecule has 3 aromatic rings. The summed E-state index contributed by atoms with van der Waals surface area (Å²) in [5, 5.41) is 8.20. The molecule has 0 saturated heterocycles. The van der Waals surface area contributed by atoms with E-state index in [0.29, 0.717) is 21.8 Å². The van der Waals surface area contributed by atoms with Crippen LogP contribution in [0.3, 0.4) is 0 Å². The highest BCUT2D eigenvalue weighted by Crippen LogP contribution is 2.35. The van der Waals surface area contributed by atoms with Crippen LogP contribution in [-0.2, 0) is 42.5 Å². The number of carbonyl (C=O) groups excluding carboxylic acids is 3. The standard InChI is InChI=1S/C22H27ClN2O4S.C9H11NO3S/c1-13(2)19-11-17(23)12-20(14(3)4)21(19)24-22(27)25-30(28,29)18-8-6-7-16(10-18)9-15(5)26;1-7(11)5-8-3-2-4-9(6-8)14(10,12)13/h6-8,10-14H,9H2,1-5H3,(H2,24,25,27);2-4,6H,5H2,1H3,(H2,10,12,13). The predicted octanol–water partition coefficient (Wildman–Crippen LogP) is 5.69. The Kier molecular flexibility index (Phi) is 12.8. The van der Waals surface area contributed by atoms with Crippen molar-refractivity contribution in [1.82, 2.24) is 4.72 Å². The first-order valence-electron chi connectivity index (χ1n) is 13.7. The number of Topliss-reactive ketones (excluding diaryl/α,β-unsaturated/α-hetero) is 2. The van der Waals surface area contributed by atoms with E-state index in [1.807, 2.05) is 27.7 Å². The van der Waals surface area contributed by atoms with Gasteiger partial charge >= 0.3 is 6.03 Å². The fourth-order valence-electron chi connectivity index (χ4n) is 4.25. The normalized spacial score (nSPS) is 11.5. The lowest BCUT2D eigenvalue weighted by Gasteiger charge is -2.21. The average Bonchev–Trinajstić information content (AvgIpc) is 2.88. The van der Waals surface area contributed by atoms with E-state index >= 15 is 0 Å². The molecule has 0 aliphatic heterocycles. The molecule has 3 rings (SSSR count). The van der Waals surface area contributed by atoms with Crippen molar-refractivity contribution in [2.75, 3.05) is 5.32 Å². The van der Waals surface area contributed by atoms with Crippen molar-refractivity contribution >= 4 is 54.9 Å². The molecule has 44 heavy (non-hydrogen) atoms. The third-order valence-corrected chi connectivity index (χ3v) is 8.67. The number of nitrogens with one attached hydrogen (secondary N) is 2. The number of anilines is 1. The van der Waals surface area contributed by atoms with E-state index in [4.69, 9.17) is 16.7 Å². The van der Waals surface area contributed by atoms with Gasteiger partial charge in [0.05, 0.1) is 9.79 Å².